The first-order valence-electron chi connectivity index (χ1n) is 13.4. The molecule has 0 saturated heterocycles. The number of aromatic hydroxyl groups is 1. The van der Waals surface area contributed by atoms with Gasteiger partial charge < -0.3 is 21.3 Å². The quantitative estimate of drug-likeness (QED) is 0.365. The van der Waals surface area contributed by atoms with Gasteiger partial charge in [0.25, 0.3) is 5.91 Å². The number of phenols is 1. The van der Waals surface area contributed by atoms with Gasteiger partial charge in [-0.15, -0.1) is 0 Å². The summed E-state index contributed by atoms with van der Waals surface area (Å²) < 4.78 is 0. The summed E-state index contributed by atoms with van der Waals surface area (Å²) in [5.41, 5.74) is 4.19. The number of aliphatic hydroxyl groups is 1. The summed E-state index contributed by atoms with van der Waals surface area (Å²) >= 11 is 0. The summed E-state index contributed by atoms with van der Waals surface area (Å²) in [6.07, 6.45) is 1.36. The fourth-order valence-corrected chi connectivity index (χ4v) is 6.93. The Hall–Kier alpha value is -4.32. The van der Waals surface area contributed by atoms with E-state index in [9.17, 15) is 39.0 Å². The van der Waals surface area contributed by atoms with E-state index in [1.165, 1.54) is 18.5 Å². The monoisotopic (exact) mass is 562 g/mol. The van der Waals surface area contributed by atoms with Crippen LogP contribution in [0.3, 0.4) is 0 Å². The van der Waals surface area contributed by atoms with Gasteiger partial charge in [-0.3, -0.25) is 28.8 Å². The molecule has 6 atom stereocenters. The number of aryl methyl sites for hydroxylation is 1. The number of amides is 2. The van der Waals surface area contributed by atoms with Crippen molar-refractivity contribution in [2.45, 2.75) is 45.8 Å². The first-order valence-corrected chi connectivity index (χ1v) is 13.4. The van der Waals surface area contributed by atoms with Gasteiger partial charge in [-0.1, -0.05) is 19.9 Å². The number of aromatic nitrogens is 2. The molecule has 0 bridgehead atoms. The number of nitrogens with zero attached hydrogens (tertiary/aromatic N) is 2. The second-order valence-corrected chi connectivity index (χ2v) is 11.5. The lowest BCUT2D eigenvalue weighted by Crippen LogP contribution is -2.71. The summed E-state index contributed by atoms with van der Waals surface area (Å²) in [6.45, 7) is 5.08. The molecule has 0 radical (unpaired) electrons. The number of carbonyl (C=O) groups is 6. The first kappa shape index (κ1) is 28.2. The van der Waals surface area contributed by atoms with Crippen LogP contribution in [0.2, 0.25) is 0 Å². The van der Waals surface area contributed by atoms with Gasteiger partial charge in [0.2, 0.25) is 5.91 Å². The molecule has 0 aliphatic heterocycles. The molecule has 1 heterocycles. The summed E-state index contributed by atoms with van der Waals surface area (Å²) in [5.74, 6) is -12.8. The molecule has 1 aromatic heterocycles. The van der Waals surface area contributed by atoms with Crippen LogP contribution in [0.4, 0.5) is 0 Å². The average Bonchev–Trinajstić information content (AvgIpc) is 2.89. The Morgan fingerprint density at radius 1 is 1.15 bits per heavy atom. The van der Waals surface area contributed by atoms with Crippen LogP contribution in [0.25, 0.3) is 0 Å². The third kappa shape index (κ3) is 4.24. The largest absolute Gasteiger partial charge is 0.507 e. The fourth-order valence-electron chi connectivity index (χ4n) is 6.93. The fraction of sp³-hybridized carbons (Fsp3) is 0.448. The summed E-state index contributed by atoms with van der Waals surface area (Å²) in [6, 6.07) is 4.36. The standard InChI is InChI=1S/C29H30N4O8/c1-11(2)19-16-8-14-7-15-13(9-31-28(40)17-6-12(3)32-10-33-17)4-5-18(34)21(15)24(36)20(14)25(37)29(16,41)26(38)22(23(19)35)27(30)39/h4-6,10-11,14,16,19-20,22,34,41H,7-9H2,1-3H3,(H2,30,39)(H,31,40)/t14-,16-,19-,20?,22?,29-/m0/s1. The zero-order valence-electron chi connectivity index (χ0n) is 22.7. The number of phenolic OH excluding ortho intramolecular Hbond substituents is 1. The second-order valence-electron chi connectivity index (χ2n) is 11.5. The smallest absolute Gasteiger partial charge is 0.270 e. The van der Waals surface area contributed by atoms with Crippen molar-refractivity contribution in [2.75, 3.05) is 0 Å². The maximum Gasteiger partial charge on any atom is 0.270 e. The van der Waals surface area contributed by atoms with Crippen molar-refractivity contribution in [1.82, 2.24) is 15.3 Å². The van der Waals surface area contributed by atoms with E-state index in [1.807, 2.05) is 0 Å². The number of Topliss-reactive ketones (excluding diaryl/α,β-unsaturated/α-hetero) is 4. The molecule has 5 N–H and O–H groups in total. The minimum atomic E-state index is -2.74. The lowest BCUT2D eigenvalue weighted by molar-refractivity contribution is -0.182. The van der Waals surface area contributed by atoms with Gasteiger partial charge in [-0.05, 0) is 54.9 Å². The van der Waals surface area contributed by atoms with Gasteiger partial charge >= 0.3 is 0 Å². The molecule has 3 aliphatic carbocycles. The highest BCUT2D eigenvalue weighted by atomic mass is 16.3. The zero-order chi connectivity index (χ0) is 30.0. The van der Waals surface area contributed by atoms with Crippen LogP contribution < -0.4 is 11.1 Å². The normalized spacial score (nSPS) is 29.0. The maximum absolute atomic E-state index is 13.9. The van der Waals surface area contributed by atoms with Gasteiger partial charge in [0.1, 0.15) is 17.8 Å². The number of nitrogens with one attached hydrogen (secondary N) is 1. The Kier molecular flexibility index (Phi) is 6.85. The number of fused-ring (bicyclic) bond motifs is 3. The number of benzene rings is 1. The van der Waals surface area contributed by atoms with Gasteiger partial charge in [0.05, 0.1) is 11.5 Å². The second kappa shape index (κ2) is 9.95. The SMILES string of the molecule is Cc1cc(C(=O)NCc2ccc(O)c3c2C[C@H]2C[C@H]4[C@H](C(C)C)C(=O)C(C(N)=O)C(=O)[C@@]4(O)C(=O)C2C3=O)ncn1. The van der Waals surface area contributed by atoms with Crippen molar-refractivity contribution < 1.29 is 39.0 Å². The van der Waals surface area contributed by atoms with Crippen molar-refractivity contribution in [2.24, 2.45) is 41.2 Å². The van der Waals surface area contributed by atoms with Crippen molar-refractivity contribution in [1.29, 1.82) is 0 Å². The molecular weight excluding hydrogens is 532 g/mol. The zero-order valence-corrected chi connectivity index (χ0v) is 22.7. The predicted octanol–water partition coefficient (Wildman–Crippen LogP) is 0.237. The van der Waals surface area contributed by atoms with Crippen molar-refractivity contribution in [3.63, 3.8) is 0 Å². The van der Waals surface area contributed by atoms with E-state index in [0.717, 1.165) is 0 Å². The number of nitrogens with two attached hydrogens (primary N) is 1. The Labute approximate surface area is 234 Å². The average molecular weight is 563 g/mol. The molecule has 3 aliphatic rings. The van der Waals surface area contributed by atoms with Crippen molar-refractivity contribution in [3.05, 3.63) is 52.6 Å². The molecule has 1 aromatic carbocycles. The Morgan fingerprint density at radius 2 is 1.85 bits per heavy atom. The minimum Gasteiger partial charge on any atom is -0.507 e. The molecule has 2 aromatic rings. The van der Waals surface area contributed by atoms with Crippen molar-refractivity contribution >= 4 is 34.9 Å². The number of hydrogen-bond donors (Lipinski definition) is 4. The van der Waals surface area contributed by atoms with E-state index in [4.69, 9.17) is 5.73 Å². The lowest BCUT2D eigenvalue weighted by atomic mass is 9.49. The maximum atomic E-state index is 13.9. The van der Waals surface area contributed by atoms with Crippen LogP contribution in [0.15, 0.2) is 24.5 Å². The third-order valence-corrected chi connectivity index (χ3v) is 8.77. The van der Waals surface area contributed by atoms with Gasteiger partial charge in [-0.25, -0.2) is 9.97 Å². The molecule has 214 valence electrons. The Morgan fingerprint density at radius 3 is 2.49 bits per heavy atom. The Balaban J connectivity index is 1.52. The topological polar surface area (TPSA) is 207 Å². The van der Waals surface area contributed by atoms with Gasteiger partial charge in [-0.2, -0.15) is 0 Å². The van der Waals surface area contributed by atoms with E-state index in [0.29, 0.717) is 16.8 Å². The molecule has 2 amide bonds. The molecule has 0 spiro atoms. The summed E-state index contributed by atoms with van der Waals surface area (Å²) in [4.78, 5) is 87.0. The minimum absolute atomic E-state index is 0.0115. The van der Waals surface area contributed by atoms with Crippen LogP contribution in [-0.2, 0) is 32.1 Å². The summed E-state index contributed by atoms with van der Waals surface area (Å²) in [5, 5.41) is 25.1. The molecule has 41 heavy (non-hydrogen) atoms. The van der Waals surface area contributed by atoms with Crippen LogP contribution in [0.5, 0.6) is 5.75 Å². The first-order chi connectivity index (χ1) is 19.3. The molecule has 12 nitrogen and oxygen atoms in total. The number of ketones is 4. The van der Waals surface area contributed by atoms with Gasteiger partial charge in [0, 0.05) is 24.1 Å². The van der Waals surface area contributed by atoms with Gasteiger partial charge in [0.15, 0.2) is 34.7 Å². The van der Waals surface area contributed by atoms with Crippen LogP contribution >= 0.6 is 0 Å². The number of hydrogen-bond acceptors (Lipinski definition) is 10. The summed E-state index contributed by atoms with van der Waals surface area (Å²) in [7, 11) is 0. The Bertz CT molecular complexity index is 1530. The van der Waals surface area contributed by atoms with E-state index >= 15 is 0 Å². The number of primary amides is 1. The number of carbonyl (C=O) groups excluding carboxylic acids is 6. The predicted molar refractivity (Wildman–Crippen MR) is 140 cm³/mol. The van der Waals surface area contributed by atoms with Crippen LogP contribution in [0, 0.1) is 42.4 Å². The highest BCUT2D eigenvalue weighted by Gasteiger charge is 2.69. The highest BCUT2D eigenvalue weighted by Crippen LogP contribution is 2.53. The van der Waals surface area contributed by atoms with E-state index in [1.54, 1.807) is 26.8 Å². The van der Waals surface area contributed by atoms with Crippen molar-refractivity contribution in [3.8, 4) is 5.75 Å². The molecule has 2 unspecified atom stereocenters. The highest BCUT2D eigenvalue weighted by molar-refractivity contribution is 6.31. The molecule has 2 saturated carbocycles. The number of rotatable bonds is 5. The van der Waals surface area contributed by atoms with Crippen LogP contribution in [-0.4, -0.2) is 60.7 Å². The lowest BCUT2D eigenvalue weighted by Gasteiger charge is -2.52. The molecule has 12 heteroatoms. The van der Waals surface area contributed by atoms with Crippen LogP contribution in [0.1, 0.15) is 57.9 Å². The van der Waals surface area contributed by atoms with E-state index in [2.05, 4.69) is 15.3 Å². The third-order valence-electron chi connectivity index (χ3n) is 8.77. The molecular formula is C29H30N4O8. The molecule has 5 rings (SSSR count). The van der Waals surface area contributed by atoms with E-state index < -0.39 is 76.1 Å². The molecule has 2 fully saturated rings. The van der Waals surface area contributed by atoms with E-state index in [-0.39, 0.29) is 36.4 Å².